The number of benzene rings is 2. The lowest BCUT2D eigenvalue weighted by atomic mass is 9.80. The van der Waals surface area contributed by atoms with Gasteiger partial charge in [0.15, 0.2) is 5.82 Å². The highest BCUT2D eigenvalue weighted by atomic mass is 16.4. The van der Waals surface area contributed by atoms with Gasteiger partial charge in [-0.1, -0.05) is 36.4 Å². The van der Waals surface area contributed by atoms with E-state index in [1.54, 1.807) is 12.4 Å². The van der Waals surface area contributed by atoms with Gasteiger partial charge >= 0.3 is 5.97 Å². The number of nitrogens with two attached hydrogens (primary N) is 1. The molecule has 1 aromatic heterocycles. The zero-order chi connectivity index (χ0) is 24.0. The van der Waals surface area contributed by atoms with Crippen LogP contribution in [0.1, 0.15) is 31.2 Å². The summed E-state index contributed by atoms with van der Waals surface area (Å²) in [5.41, 5.74) is 4.40. The minimum Gasteiger partial charge on any atom is -0.481 e. The first-order chi connectivity index (χ1) is 17.0. The summed E-state index contributed by atoms with van der Waals surface area (Å²) in [6.45, 7) is 0. The minimum absolute atomic E-state index is 0.0557. The van der Waals surface area contributed by atoms with Crippen molar-refractivity contribution in [2.45, 2.75) is 25.7 Å². The highest BCUT2D eigenvalue weighted by Gasteiger charge is 2.46. The highest BCUT2D eigenvalue weighted by molar-refractivity contribution is 6.02. The molecule has 3 N–H and O–H groups in total. The Morgan fingerprint density at radius 1 is 1.03 bits per heavy atom. The Balaban J connectivity index is 1.39. The van der Waals surface area contributed by atoms with Crippen molar-refractivity contribution in [3.63, 3.8) is 0 Å². The first-order valence-electron chi connectivity index (χ1n) is 11.8. The van der Waals surface area contributed by atoms with Crippen LogP contribution in [0.15, 0.2) is 88.5 Å². The molecule has 1 fully saturated rings. The Morgan fingerprint density at radius 2 is 1.83 bits per heavy atom. The SMILES string of the molecule is N[N+]12C=CN=CC1=C(C1CCC(C(=O)O)CC1)N=C2c1ccc2cnc(-c3ccccc3)nc2c1. The van der Waals surface area contributed by atoms with E-state index in [0.29, 0.717) is 24.5 Å². The smallest absolute Gasteiger partial charge is 0.306 e. The molecule has 35 heavy (non-hydrogen) atoms. The Morgan fingerprint density at radius 3 is 2.60 bits per heavy atom. The van der Waals surface area contributed by atoms with Crippen LogP contribution in [0.25, 0.3) is 22.3 Å². The van der Waals surface area contributed by atoms with E-state index in [-0.39, 0.29) is 16.4 Å². The van der Waals surface area contributed by atoms with E-state index in [0.717, 1.165) is 46.3 Å². The van der Waals surface area contributed by atoms with Crippen LogP contribution >= 0.6 is 0 Å². The predicted octanol–water partition coefficient (Wildman–Crippen LogP) is 4.41. The fourth-order valence-corrected chi connectivity index (χ4v) is 5.21. The van der Waals surface area contributed by atoms with Gasteiger partial charge in [0.25, 0.3) is 5.84 Å². The molecule has 3 aliphatic rings. The van der Waals surface area contributed by atoms with E-state index < -0.39 is 5.97 Å². The quantitative estimate of drug-likeness (QED) is 0.438. The monoisotopic (exact) mass is 465 g/mol. The molecule has 1 atom stereocenters. The summed E-state index contributed by atoms with van der Waals surface area (Å²) in [4.78, 5) is 30.1. The Labute approximate surface area is 202 Å². The molecule has 1 aliphatic carbocycles. The highest BCUT2D eigenvalue weighted by Crippen LogP contribution is 2.41. The van der Waals surface area contributed by atoms with Crippen LogP contribution in [0.4, 0.5) is 0 Å². The third-order valence-electron chi connectivity index (χ3n) is 7.16. The van der Waals surface area contributed by atoms with Gasteiger partial charge in [0.05, 0.1) is 29.4 Å². The summed E-state index contributed by atoms with van der Waals surface area (Å²) < 4.78 is -0.0557. The number of fused-ring (bicyclic) bond motifs is 2. The molecule has 8 nitrogen and oxygen atoms in total. The lowest BCUT2D eigenvalue weighted by Crippen LogP contribution is -2.53. The molecule has 8 heteroatoms. The molecule has 0 amide bonds. The molecule has 174 valence electrons. The fraction of sp³-hybridized carbons (Fsp3) is 0.222. The van der Waals surface area contributed by atoms with Crippen LogP contribution in [-0.2, 0) is 4.79 Å². The Bertz CT molecular complexity index is 1450. The summed E-state index contributed by atoms with van der Waals surface area (Å²) >= 11 is 0. The number of hydrogen-bond donors (Lipinski definition) is 2. The third-order valence-corrected chi connectivity index (χ3v) is 7.16. The summed E-state index contributed by atoms with van der Waals surface area (Å²) in [5, 5.41) is 10.3. The van der Waals surface area contributed by atoms with Gasteiger partial charge in [-0.2, -0.15) is 10.8 Å². The number of hydrogen-bond acceptors (Lipinski definition) is 6. The zero-order valence-electron chi connectivity index (χ0n) is 19.1. The standard InChI is InChI=1S/C27H24N6O2/c28-33-13-12-29-16-23(33)24(17-6-8-19(9-7-17)27(34)35)32-26(33)20-10-11-21-15-30-25(31-22(21)14-20)18-4-2-1-3-5-18/h1-5,10-17,19H,6-9,28H2/p+1. The van der Waals surface area contributed by atoms with Crippen LogP contribution in [-0.4, -0.2) is 37.7 Å². The number of rotatable bonds is 4. The van der Waals surface area contributed by atoms with Crippen molar-refractivity contribution in [2.75, 3.05) is 0 Å². The van der Waals surface area contributed by atoms with Crippen LogP contribution in [0, 0.1) is 11.8 Å². The van der Waals surface area contributed by atoms with E-state index in [1.807, 2.05) is 60.9 Å². The molecule has 2 aromatic carbocycles. The molecule has 0 bridgehead atoms. The summed E-state index contributed by atoms with van der Waals surface area (Å²) in [7, 11) is 0. The number of allylic oxidation sites excluding steroid dienone is 2. The largest absolute Gasteiger partial charge is 0.481 e. The molecule has 2 aliphatic heterocycles. The number of carboxylic acid groups (broad SMARTS) is 1. The van der Waals surface area contributed by atoms with Gasteiger partial charge in [0.2, 0.25) is 5.70 Å². The lowest BCUT2D eigenvalue weighted by molar-refractivity contribution is -0.750. The van der Waals surface area contributed by atoms with Crippen molar-refractivity contribution >= 4 is 28.9 Å². The van der Waals surface area contributed by atoms with E-state index in [2.05, 4.69) is 9.98 Å². The van der Waals surface area contributed by atoms with Crippen molar-refractivity contribution < 1.29 is 14.5 Å². The third kappa shape index (κ3) is 3.67. The van der Waals surface area contributed by atoms with Gasteiger partial charge in [-0.25, -0.2) is 9.97 Å². The maximum absolute atomic E-state index is 11.4. The van der Waals surface area contributed by atoms with Gasteiger partial charge in [-0.15, -0.1) is 4.59 Å². The Hall–Kier alpha value is -4.01. The average molecular weight is 466 g/mol. The second-order valence-electron chi connectivity index (χ2n) is 9.28. The van der Waals surface area contributed by atoms with Crippen molar-refractivity contribution in [3.8, 4) is 11.4 Å². The van der Waals surface area contributed by atoms with Crippen molar-refractivity contribution in [2.24, 2.45) is 27.7 Å². The summed E-state index contributed by atoms with van der Waals surface area (Å²) in [6, 6.07) is 15.9. The molecular formula is C27H25N6O2+. The van der Waals surface area contributed by atoms with Crippen LogP contribution < -0.4 is 5.84 Å². The number of aliphatic imine (C=N–C) groups is 2. The van der Waals surface area contributed by atoms with E-state index in [9.17, 15) is 9.90 Å². The number of aliphatic carboxylic acids is 1. The lowest BCUT2D eigenvalue weighted by Gasteiger charge is -2.28. The summed E-state index contributed by atoms with van der Waals surface area (Å²) in [6.07, 6.45) is 9.99. The molecule has 6 rings (SSSR count). The second-order valence-corrected chi connectivity index (χ2v) is 9.28. The van der Waals surface area contributed by atoms with E-state index in [4.69, 9.17) is 15.8 Å². The van der Waals surface area contributed by atoms with Crippen LogP contribution in [0.3, 0.4) is 0 Å². The maximum Gasteiger partial charge on any atom is 0.306 e. The molecule has 0 saturated heterocycles. The Kier molecular flexibility index (Phi) is 5.12. The molecule has 0 spiro atoms. The first-order valence-corrected chi connectivity index (χ1v) is 11.8. The molecule has 3 heterocycles. The number of aromatic nitrogens is 2. The number of nitrogens with zero attached hydrogens (tertiary/aromatic N) is 5. The zero-order valence-corrected chi connectivity index (χ0v) is 19.1. The first kappa shape index (κ1) is 21.5. The van der Waals surface area contributed by atoms with Crippen LogP contribution in [0.5, 0.6) is 0 Å². The molecule has 0 radical (unpaired) electrons. The van der Waals surface area contributed by atoms with Crippen molar-refractivity contribution in [1.29, 1.82) is 0 Å². The van der Waals surface area contributed by atoms with Gasteiger partial charge < -0.3 is 5.11 Å². The van der Waals surface area contributed by atoms with Crippen molar-refractivity contribution in [3.05, 3.63) is 84.1 Å². The number of amidine groups is 1. The van der Waals surface area contributed by atoms with Gasteiger partial charge in [0, 0.05) is 23.1 Å². The fourth-order valence-electron chi connectivity index (χ4n) is 5.21. The van der Waals surface area contributed by atoms with Crippen LogP contribution in [0.2, 0.25) is 0 Å². The molecule has 3 aromatic rings. The topological polar surface area (TPSA) is 114 Å². The molecule has 1 saturated carbocycles. The van der Waals surface area contributed by atoms with Gasteiger partial charge in [-0.05, 0) is 37.8 Å². The molecular weight excluding hydrogens is 440 g/mol. The summed E-state index contributed by atoms with van der Waals surface area (Å²) in [5.74, 6) is 7.46. The number of quaternary nitrogens is 1. The van der Waals surface area contributed by atoms with E-state index in [1.165, 1.54) is 0 Å². The van der Waals surface area contributed by atoms with Crippen molar-refractivity contribution in [1.82, 2.24) is 9.97 Å². The normalized spacial score (nSPS) is 25.6. The predicted molar refractivity (Wildman–Crippen MR) is 134 cm³/mol. The van der Waals surface area contributed by atoms with Gasteiger partial charge in [-0.3, -0.25) is 9.79 Å². The minimum atomic E-state index is -0.712. The van der Waals surface area contributed by atoms with E-state index >= 15 is 0 Å². The second kappa shape index (κ2) is 8.33. The average Bonchev–Trinajstić information content (AvgIpc) is 3.21. The van der Waals surface area contributed by atoms with Gasteiger partial charge in [0.1, 0.15) is 11.9 Å². The maximum atomic E-state index is 11.4. The number of carboxylic acids is 1. The molecule has 1 unspecified atom stereocenters. The number of carbonyl (C=O) groups is 1.